The van der Waals surface area contributed by atoms with Crippen LogP contribution < -0.4 is 5.32 Å². The Bertz CT molecular complexity index is 1010. The maximum atomic E-state index is 12.5. The van der Waals surface area contributed by atoms with Crippen LogP contribution in [0.15, 0.2) is 47.1 Å². The highest BCUT2D eigenvalue weighted by Gasteiger charge is 2.20. The molecule has 0 fully saturated rings. The van der Waals surface area contributed by atoms with Crippen LogP contribution in [0.2, 0.25) is 0 Å². The molecule has 3 aromatic rings. The standard InChI is InChI=1S/C22H23N3O3S/c1-15-20(24-22(29-15)18-8-5-13-28-18)21(27)23-11-4-9-19(26)25-12-10-16-6-2-3-7-17(16)14-25/h2-3,5-8,13H,4,9-12,14H2,1H3,(H,23,27). The van der Waals surface area contributed by atoms with E-state index in [0.717, 1.165) is 17.8 Å². The van der Waals surface area contributed by atoms with E-state index in [4.69, 9.17) is 4.42 Å². The summed E-state index contributed by atoms with van der Waals surface area (Å²) in [6.45, 7) is 3.75. The molecule has 0 spiro atoms. The van der Waals surface area contributed by atoms with Crippen molar-refractivity contribution in [3.8, 4) is 10.8 Å². The van der Waals surface area contributed by atoms with Gasteiger partial charge in [0.2, 0.25) is 5.91 Å². The zero-order valence-electron chi connectivity index (χ0n) is 16.3. The summed E-state index contributed by atoms with van der Waals surface area (Å²) in [5.41, 5.74) is 2.98. The second kappa shape index (κ2) is 8.61. The smallest absolute Gasteiger partial charge is 0.271 e. The van der Waals surface area contributed by atoms with Gasteiger partial charge in [-0.25, -0.2) is 4.98 Å². The summed E-state index contributed by atoms with van der Waals surface area (Å²) in [5, 5.41) is 3.57. The number of nitrogens with one attached hydrogen (secondary N) is 1. The Balaban J connectivity index is 1.25. The summed E-state index contributed by atoms with van der Waals surface area (Å²) in [5.74, 6) is 0.584. The lowest BCUT2D eigenvalue weighted by Crippen LogP contribution is -2.36. The van der Waals surface area contributed by atoms with Crippen LogP contribution in [-0.4, -0.2) is 34.8 Å². The van der Waals surface area contributed by atoms with Crippen LogP contribution in [0.25, 0.3) is 10.8 Å². The first-order valence-corrected chi connectivity index (χ1v) is 10.6. The van der Waals surface area contributed by atoms with E-state index in [9.17, 15) is 9.59 Å². The van der Waals surface area contributed by atoms with E-state index in [-0.39, 0.29) is 11.8 Å². The highest BCUT2D eigenvalue weighted by molar-refractivity contribution is 7.15. The molecule has 1 N–H and O–H groups in total. The highest BCUT2D eigenvalue weighted by atomic mass is 32.1. The molecule has 7 heteroatoms. The van der Waals surface area contributed by atoms with E-state index in [1.54, 1.807) is 12.3 Å². The van der Waals surface area contributed by atoms with Gasteiger partial charge in [-0.3, -0.25) is 9.59 Å². The van der Waals surface area contributed by atoms with Crippen molar-refractivity contribution < 1.29 is 14.0 Å². The van der Waals surface area contributed by atoms with Gasteiger partial charge in [0.25, 0.3) is 5.91 Å². The van der Waals surface area contributed by atoms with Crippen LogP contribution >= 0.6 is 11.3 Å². The van der Waals surface area contributed by atoms with Crippen molar-refractivity contribution >= 4 is 23.2 Å². The fourth-order valence-electron chi connectivity index (χ4n) is 3.50. The van der Waals surface area contributed by atoms with Crippen molar-refractivity contribution in [2.45, 2.75) is 32.7 Å². The number of amides is 2. The van der Waals surface area contributed by atoms with Crippen molar-refractivity contribution in [1.29, 1.82) is 0 Å². The Hall–Kier alpha value is -2.93. The average molecular weight is 410 g/mol. The number of benzene rings is 1. The quantitative estimate of drug-likeness (QED) is 0.628. The maximum absolute atomic E-state index is 12.5. The lowest BCUT2D eigenvalue weighted by Gasteiger charge is -2.29. The molecule has 4 rings (SSSR count). The van der Waals surface area contributed by atoms with Crippen LogP contribution in [0.5, 0.6) is 0 Å². The van der Waals surface area contributed by atoms with E-state index in [1.807, 2.05) is 30.0 Å². The molecule has 2 amide bonds. The maximum Gasteiger partial charge on any atom is 0.271 e. The van der Waals surface area contributed by atoms with Gasteiger partial charge < -0.3 is 14.6 Å². The predicted molar refractivity (Wildman–Crippen MR) is 112 cm³/mol. The summed E-state index contributed by atoms with van der Waals surface area (Å²) in [4.78, 5) is 32.1. The van der Waals surface area contributed by atoms with Crippen molar-refractivity contribution in [3.05, 3.63) is 64.4 Å². The molecule has 0 bridgehead atoms. The van der Waals surface area contributed by atoms with Crippen LogP contribution in [0, 0.1) is 6.92 Å². The monoisotopic (exact) mass is 409 g/mol. The van der Waals surface area contributed by atoms with Gasteiger partial charge in [0.15, 0.2) is 10.8 Å². The molecule has 1 aliphatic heterocycles. The molecule has 0 saturated heterocycles. The summed E-state index contributed by atoms with van der Waals surface area (Å²) in [6.07, 6.45) is 3.52. The van der Waals surface area contributed by atoms with E-state index < -0.39 is 0 Å². The number of hydrogen-bond donors (Lipinski definition) is 1. The number of aromatic nitrogens is 1. The third kappa shape index (κ3) is 4.40. The second-order valence-corrected chi connectivity index (χ2v) is 8.30. The molecule has 6 nitrogen and oxygen atoms in total. The fraction of sp³-hybridized carbons (Fsp3) is 0.318. The lowest BCUT2D eigenvalue weighted by atomic mass is 9.99. The molecule has 0 atom stereocenters. The minimum Gasteiger partial charge on any atom is -0.462 e. The first kappa shape index (κ1) is 19.4. The lowest BCUT2D eigenvalue weighted by molar-refractivity contribution is -0.132. The molecule has 0 aliphatic carbocycles. The molecular weight excluding hydrogens is 386 g/mol. The van der Waals surface area contributed by atoms with Crippen molar-refractivity contribution in [2.75, 3.05) is 13.1 Å². The third-order valence-electron chi connectivity index (χ3n) is 5.08. The first-order chi connectivity index (χ1) is 14.1. The van der Waals surface area contributed by atoms with E-state index in [1.165, 1.54) is 22.5 Å². The molecule has 0 unspecified atom stereocenters. The number of nitrogens with zero attached hydrogens (tertiary/aromatic N) is 2. The van der Waals surface area contributed by atoms with E-state index in [0.29, 0.717) is 42.4 Å². The molecule has 1 aromatic carbocycles. The summed E-state index contributed by atoms with van der Waals surface area (Å²) >= 11 is 1.43. The Kier molecular flexibility index (Phi) is 5.76. The van der Waals surface area contributed by atoms with Crippen LogP contribution in [-0.2, 0) is 17.8 Å². The number of aryl methyl sites for hydroxylation is 1. The van der Waals surface area contributed by atoms with Crippen LogP contribution in [0.1, 0.15) is 39.3 Å². The van der Waals surface area contributed by atoms with Gasteiger partial charge in [-0.05, 0) is 43.0 Å². The zero-order valence-corrected chi connectivity index (χ0v) is 17.1. The van der Waals surface area contributed by atoms with Gasteiger partial charge in [-0.1, -0.05) is 24.3 Å². The molecule has 0 saturated carbocycles. The number of furan rings is 1. The van der Waals surface area contributed by atoms with E-state index >= 15 is 0 Å². The number of hydrogen-bond acceptors (Lipinski definition) is 5. The van der Waals surface area contributed by atoms with E-state index in [2.05, 4.69) is 22.4 Å². The number of carbonyl (C=O) groups excluding carboxylic acids is 2. The molecular formula is C22H23N3O3S. The number of fused-ring (bicyclic) bond motifs is 1. The largest absolute Gasteiger partial charge is 0.462 e. The third-order valence-corrected chi connectivity index (χ3v) is 6.07. The minimum absolute atomic E-state index is 0.138. The molecule has 150 valence electrons. The average Bonchev–Trinajstić information content (AvgIpc) is 3.40. The number of carbonyl (C=O) groups is 2. The Morgan fingerprint density at radius 3 is 2.83 bits per heavy atom. The molecule has 1 aliphatic rings. The first-order valence-electron chi connectivity index (χ1n) is 9.76. The normalized spacial score (nSPS) is 13.2. The van der Waals surface area contributed by atoms with Gasteiger partial charge in [-0.2, -0.15) is 0 Å². The minimum atomic E-state index is -0.212. The molecule has 0 radical (unpaired) electrons. The second-order valence-electron chi connectivity index (χ2n) is 7.09. The summed E-state index contributed by atoms with van der Waals surface area (Å²) in [6, 6.07) is 11.9. The van der Waals surface area contributed by atoms with Crippen LogP contribution in [0.4, 0.5) is 0 Å². The van der Waals surface area contributed by atoms with Gasteiger partial charge in [-0.15, -0.1) is 11.3 Å². The SMILES string of the molecule is Cc1sc(-c2ccco2)nc1C(=O)NCCCC(=O)N1CCc2ccccc2C1. The Labute approximate surface area is 173 Å². The highest BCUT2D eigenvalue weighted by Crippen LogP contribution is 2.27. The zero-order chi connectivity index (χ0) is 20.2. The van der Waals surface area contributed by atoms with Crippen molar-refractivity contribution in [2.24, 2.45) is 0 Å². The summed E-state index contributed by atoms with van der Waals surface area (Å²) in [7, 11) is 0. The van der Waals surface area contributed by atoms with Crippen molar-refractivity contribution in [1.82, 2.24) is 15.2 Å². The van der Waals surface area contributed by atoms with Crippen LogP contribution in [0.3, 0.4) is 0 Å². The Morgan fingerprint density at radius 1 is 1.21 bits per heavy atom. The number of rotatable bonds is 6. The van der Waals surface area contributed by atoms with Gasteiger partial charge in [0.1, 0.15) is 5.69 Å². The van der Waals surface area contributed by atoms with Gasteiger partial charge in [0, 0.05) is 30.9 Å². The van der Waals surface area contributed by atoms with Crippen molar-refractivity contribution in [3.63, 3.8) is 0 Å². The predicted octanol–water partition coefficient (Wildman–Crippen LogP) is 3.81. The summed E-state index contributed by atoms with van der Waals surface area (Å²) < 4.78 is 5.35. The molecule has 2 aromatic heterocycles. The van der Waals surface area contributed by atoms with Gasteiger partial charge in [0.05, 0.1) is 6.26 Å². The van der Waals surface area contributed by atoms with Gasteiger partial charge >= 0.3 is 0 Å². The Morgan fingerprint density at radius 2 is 2.03 bits per heavy atom. The topological polar surface area (TPSA) is 75.4 Å². The number of thiazole rings is 1. The fourth-order valence-corrected chi connectivity index (χ4v) is 4.38. The molecule has 29 heavy (non-hydrogen) atoms. The molecule has 3 heterocycles.